The number of benzene rings is 2. The van der Waals surface area contributed by atoms with Crippen molar-refractivity contribution < 1.29 is 9.53 Å². The Labute approximate surface area is 167 Å². The van der Waals surface area contributed by atoms with Crippen molar-refractivity contribution >= 4 is 23.0 Å². The van der Waals surface area contributed by atoms with E-state index in [4.69, 9.17) is 4.74 Å². The van der Waals surface area contributed by atoms with Crippen LogP contribution in [0.5, 0.6) is 0 Å². The van der Waals surface area contributed by atoms with Gasteiger partial charge in [-0.25, -0.2) is 0 Å². The minimum absolute atomic E-state index is 0.0348. The fourth-order valence-corrected chi connectivity index (χ4v) is 4.12. The summed E-state index contributed by atoms with van der Waals surface area (Å²) in [5.41, 5.74) is 5.84. The molecule has 2 heterocycles. The number of nitrogens with zero attached hydrogens (tertiary/aromatic N) is 2. The zero-order valence-electron chi connectivity index (χ0n) is 16.8. The molecule has 0 unspecified atom stereocenters. The Kier molecular flexibility index (Phi) is 5.53. The van der Waals surface area contributed by atoms with Crippen LogP contribution in [0.1, 0.15) is 24.5 Å². The Hall–Kier alpha value is -2.53. The Balaban J connectivity index is 1.42. The first kappa shape index (κ1) is 18.8. The van der Waals surface area contributed by atoms with Crippen molar-refractivity contribution in [1.82, 2.24) is 0 Å². The lowest BCUT2D eigenvalue weighted by Crippen LogP contribution is -2.44. The summed E-state index contributed by atoms with van der Waals surface area (Å²) < 4.78 is 5.41. The minimum atomic E-state index is -0.208. The number of fused-ring (bicyclic) bond motifs is 1. The monoisotopic (exact) mass is 379 g/mol. The van der Waals surface area contributed by atoms with Gasteiger partial charge in [0.2, 0.25) is 5.91 Å². The van der Waals surface area contributed by atoms with Crippen LogP contribution in [0, 0.1) is 6.92 Å². The zero-order chi connectivity index (χ0) is 19.5. The van der Waals surface area contributed by atoms with Gasteiger partial charge in [-0.2, -0.15) is 0 Å². The van der Waals surface area contributed by atoms with Gasteiger partial charge in [0.1, 0.15) is 6.04 Å². The molecular weight excluding hydrogens is 350 g/mol. The highest BCUT2D eigenvalue weighted by molar-refractivity contribution is 5.97. The molecule has 5 nitrogen and oxygen atoms in total. The van der Waals surface area contributed by atoms with Gasteiger partial charge in [0, 0.05) is 36.7 Å². The van der Waals surface area contributed by atoms with Gasteiger partial charge in [0.05, 0.1) is 13.2 Å². The second-order valence-electron chi connectivity index (χ2n) is 7.74. The Morgan fingerprint density at radius 2 is 1.82 bits per heavy atom. The van der Waals surface area contributed by atoms with Crippen molar-refractivity contribution in [1.29, 1.82) is 0 Å². The average Bonchev–Trinajstić information content (AvgIpc) is 2.73. The standard InChI is InChI=1S/C23H29N3O2/c1-17-5-10-22-19(16-17)4-3-11-26(22)18(2)23(27)24-20-6-8-21(9-7-20)25-12-14-28-15-13-25/h5-10,16,18H,3-4,11-15H2,1-2H3,(H,24,27)/t18-/m0/s1. The molecule has 148 valence electrons. The third-order valence-electron chi connectivity index (χ3n) is 5.75. The van der Waals surface area contributed by atoms with Crippen LogP contribution >= 0.6 is 0 Å². The van der Waals surface area contributed by atoms with Crippen molar-refractivity contribution in [2.24, 2.45) is 0 Å². The van der Waals surface area contributed by atoms with E-state index in [1.54, 1.807) is 0 Å². The van der Waals surface area contributed by atoms with Gasteiger partial charge in [0.15, 0.2) is 0 Å². The largest absolute Gasteiger partial charge is 0.378 e. The first-order valence-electron chi connectivity index (χ1n) is 10.2. The van der Waals surface area contributed by atoms with Crippen molar-refractivity contribution in [3.05, 3.63) is 53.6 Å². The molecule has 0 saturated carbocycles. The molecule has 2 aliphatic heterocycles. The molecule has 0 aliphatic carbocycles. The number of hydrogen-bond donors (Lipinski definition) is 1. The van der Waals surface area contributed by atoms with E-state index in [2.05, 4.69) is 52.4 Å². The van der Waals surface area contributed by atoms with E-state index in [-0.39, 0.29) is 11.9 Å². The van der Waals surface area contributed by atoms with Gasteiger partial charge >= 0.3 is 0 Å². The normalized spacial score (nSPS) is 17.8. The molecular formula is C23H29N3O2. The maximum absolute atomic E-state index is 12.9. The number of nitrogens with one attached hydrogen (secondary N) is 1. The lowest BCUT2D eigenvalue weighted by Gasteiger charge is -2.35. The van der Waals surface area contributed by atoms with E-state index in [9.17, 15) is 4.79 Å². The molecule has 5 heteroatoms. The third kappa shape index (κ3) is 3.99. The van der Waals surface area contributed by atoms with Crippen molar-refractivity contribution in [2.45, 2.75) is 32.7 Å². The Morgan fingerprint density at radius 1 is 1.07 bits per heavy atom. The van der Waals surface area contributed by atoms with E-state index in [1.807, 2.05) is 19.1 Å². The summed E-state index contributed by atoms with van der Waals surface area (Å²) in [7, 11) is 0. The molecule has 28 heavy (non-hydrogen) atoms. The fourth-order valence-electron chi connectivity index (χ4n) is 4.12. The topological polar surface area (TPSA) is 44.8 Å². The number of carbonyl (C=O) groups excluding carboxylic acids is 1. The molecule has 4 rings (SSSR count). The summed E-state index contributed by atoms with van der Waals surface area (Å²) >= 11 is 0. The van der Waals surface area contributed by atoms with Crippen LogP contribution < -0.4 is 15.1 Å². The summed E-state index contributed by atoms with van der Waals surface area (Å²) in [5.74, 6) is 0.0348. The molecule has 1 fully saturated rings. The number of hydrogen-bond acceptors (Lipinski definition) is 4. The van der Waals surface area contributed by atoms with Crippen LogP contribution in [0.25, 0.3) is 0 Å². The molecule has 0 bridgehead atoms. The van der Waals surface area contributed by atoms with Crippen molar-refractivity contribution in [3.63, 3.8) is 0 Å². The van der Waals surface area contributed by atoms with Gasteiger partial charge in [0.25, 0.3) is 0 Å². The smallest absolute Gasteiger partial charge is 0.246 e. The molecule has 1 N–H and O–H groups in total. The first-order valence-corrected chi connectivity index (χ1v) is 10.2. The number of ether oxygens (including phenoxy) is 1. The van der Waals surface area contributed by atoms with E-state index >= 15 is 0 Å². The number of amides is 1. The van der Waals surface area contributed by atoms with Crippen LogP contribution in [0.4, 0.5) is 17.1 Å². The first-order chi connectivity index (χ1) is 13.6. The summed E-state index contributed by atoms with van der Waals surface area (Å²) in [6, 6.07) is 14.5. The van der Waals surface area contributed by atoms with E-state index < -0.39 is 0 Å². The summed E-state index contributed by atoms with van der Waals surface area (Å²) in [5, 5.41) is 3.09. The molecule has 0 aromatic heterocycles. The zero-order valence-corrected chi connectivity index (χ0v) is 16.8. The molecule has 1 saturated heterocycles. The van der Waals surface area contributed by atoms with Crippen molar-refractivity contribution in [3.8, 4) is 0 Å². The number of aryl methyl sites for hydroxylation is 2. The van der Waals surface area contributed by atoms with E-state index in [0.29, 0.717) is 0 Å². The average molecular weight is 380 g/mol. The maximum Gasteiger partial charge on any atom is 0.246 e. The second-order valence-corrected chi connectivity index (χ2v) is 7.74. The van der Waals surface area contributed by atoms with E-state index in [1.165, 1.54) is 22.5 Å². The predicted molar refractivity (Wildman–Crippen MR) is 114 cm³/mol. The molecule has 2 aliphatic rings. The minimum Gasteiger partial charge on any atom is -0.378 e. The lowest BCUT2D eigenvalue weighted by molar-refractivity contribution is -0.117. The Bertz CT molecular complexity index is 828. The van der Waals surface area contributed by atoms with Gasteiger partial charge < -0.3 is 19.9 Å². The van der Waals surface area contributed by atoms with Crippen LogP contribution in [0.3, 0.4) is 0 Å². The lowest BCUT2D eigenvalue weighted by atomic mass is 9.98. The highest BCUT2D eigenvalue weighted by Crippen LogP contribution is 2.30. The summed E-state index contributed by atoms with van der Waals surface area (Å²) in [4.78, 5) is 17.4. The molecule has 2 aromatic carbocycles. The van der Waals surface area contributed by atoms with Crippen LogP contribution in [0.15, 0.2) is 42.5 Å². The number of carbonyl (C=O) groups is 1. The third-order valence-corrected chi connectivity index (χ3v) is 5.75. The molecule has 0 spiro atoms. The predicted octanol–water partition coefficient (Wildman–Crippen LogP) is 3.61. The highest BCUT2D eigenvalue weighted by Gasteiger charge is 2.26. The van der Waals surface area contributed by atoms with Crippen LogP contribution in [-0.4, -0.2) is 44.8 Å². The van der Waals surface area contributed by atoms with Gasteiger partial charge in [-0.1, -0.05) is 17.7 Å². The molecule has 2 aromatic rings. The number of morpholine rings is 1. The van der Waals surface area contributed by atoms with Gasteiger partial charge in [-0.15, -0.1) is 0 Å². The van der Waals surface area contributed by atoms with Gasteiger partial charge in [-0.05, 0) is 62.6 Å². The molecule has 0 radical (unpaired) electrons. The highest BCUT2D eigenvalue weighted by atomic mass is 16.5. The quantitative estimate of drug-likeness (QED) is 0.881. The Morgan fingerprint density at radius 3 is 2.57 bits per heavy atom. The van der Waals surface area contributed by atoms with Crippen molar-refractivity contribution in [2.75, 3.05) is 48.0 Å². The van der Waals surface area contributed by atoms with Crippen LogP contribution in [0.2, 0.25) is 0 Å². The van der Waals surface area contributed by atoms with Crippen LogP contribution in [-0.2, 0) is 16.0 Å². The molecule has 1 atom stereocenters. The van der Waals surface area contributed by atoms with Gasteiger partial charge in [-0.3, -0.25) is 4.79 Å². The number of rotatable bonds is 4. The second kappa shape index (κ2) is 8.23. The van der Waals surface area contributed by atoms with E-state index in [0.717, 1.165) is 51.4 Å². The summed E-state index contributed by atoms with van der Waals surface area (Å²) in [6.45, 7) is 8.40. The maximum atomic E-state index is 12.9. The summed E-state index contributed by atoms with van der Waals surface area (Å²) in [6.07, 6.45) is 2.17. The number of anilines is 3. The fraction of sp³-hybridized carbons (Fsp3) is 0.435. The SMILES string of the molecule is Cc1ccc2c(c1)CCCN2[C@@H](C)C(=O)Nc1ccc(N2CCOCC2)cc1. The molecule has 1 amide bonds.